The molecule has 208 valence electrons. The second kappa shape index (κ2) is 12.3. The summed E-state index contributed by atoms with van der Waals surface area (Å²) in [5.41, 5.74) is 9.42. The first-order chi connectivity index (χ1) is 19.3. The molecule has 1 fully saturated rings. The topological polar surface area (TPSA) is 113 Å². The summed E-state index contributed by atoms with van der Waals surface area (Å²) in [5.74, 6) is -0.515. The smallest absolute Gasteiger partial charge is 0.339 e. The Labute approximate surface area is 238 Å². The second-order valence-corrected chi connectivity index (χ2v) is 11.3. The zero-order valence-electron chi connectivity index (χ0n) is 22.6. The SMILES string of the molecule is C[C@H](N)CCCc1cc(Cl)c(F)c(-c2cc3cn(-c4ccc([C@@H]5CCCC[C@@H](CC#N)N5)cc4)c(=O)nc3[nH]2)c1. The summed E-state index contributed by atoms with van der Waals surface area (Å²) in [6, 6.07) is 15.9. The number of fused-ring (bicyclic) bond motifs is 1. The minimum atomic E-state index is -0.515. The molecule has 9 heteroatoms. The fourth-order valence-electron chi connectivity index (χ4n) is 5.53. The van der Waals surface area contributed by atoms with Gasteiger partial charge in [0.15, 0.2) is 5.82 Å². The summed E-state index contributed by atoms with van der Waals surface area (Å²) in [6.45, 7) is 1.97. The number of halogens is 2. The fraction of sp³-hybridized carbons (Fsp3) is 0.387. The molecule has 40 heavy (non-hydrogen) atoms. The van der Waals surface area contributed by atoms with Crippen LogP contribution in [0.1, 0.15) is 69.0 Å². The summed E-state index contributed by atoms with van der Waals surface area (Å²) < 4.78 is 16.6. The number of benzene rings is 2. The Morgan fingerprint density at radius 3 is 2.75 bits per heavy atom. The lowest BCUT2D eigenvalue weighted by Crippen LogP contribution is -2.30. The molecule has 0 spiro atoms. The minimum absolute atomic E-state index is 0.0571. The average molecular weight is 561 g/mol. The molecule has 4 N–H and O–H groups in total. The van der Waals surface area contributed by atoms with Gasteiger partial charge in [-0.3, -0.25) is 4.57 Å². The highest BCUT2D eigenvalue weighted by atomic mass is 35.5. The van der Waals surface area contributed by atoms with Gasteiger partial charge >= 0.3 is 5.69 Å². The van der Waals surface area contributed by atoms with E-state index >= 15 is 4.39 Å². The predicted octanol–water partition coefficient (Wildman–Crippen LogP) is 6.33. The van der Waals surface area contributed by atoms with Crippen molar-refractivity contribution in [2.75, 3.05) is 0 Å². The van der Waals surface area contributed by atoms with Crippen LogP contribution in [0.4, 0.5) is 4.39 Å². The molecule has 0 unspecified atom stereocenters. The van der Waals surface area contributed by atoms with Crippen molar-refractivity contribution < 1.29 is 4.39 Å². The minimum Gasteiger partial charge on any atom is -0.339 e. The highest BCUT2D eigenvalue weighted by Gasteiger charge is 2.21. The van der Waals surface area contributed by atoms with Crippen LogP contribution in [0.5, 0.6) is 0 Å². The Bertz CT molecular complexity index is 1590. The maximum Gasteiger partial charge on any atom is 0.354 e. The number of aryl methyl sites for hydroxylation is 1. The standard InChI is InChI=1S/C31H34ClFN6O/c1-19(35)5-4-6-20-15-25(29(33)26(32)16-20)28-17-22-18-39(31(40)38-30(22)37-28)24-11-9-21(10-12-24)27-8-3-2-7-23(36-27)13-14-34/h9-12,15-19,23,27,36H,2-8,13,35H2,1H3,(H,37,38,40)/t19-,23-,27-/m0/s1. The number of nitrogens with two attached hydrogens (primary N) is 1. The molecule has 0 aliphatic carbocycles. The van der Waals surface area contributed by atoms with Crippen molar-refractivity contribution >= 4 is 22.6 Å². The fourth-order valence-corrected chi connectivity index (χ4v) is 5.77. The molecule has 1 aliphatic rings. The molecule has 0 radical (unpaired) electrons. The zero-order valence-corrected chi connectivity index (χ0v) is 23.3. The number of aromatic nitrogens is 3. The normalized spacial score (nSPS) is 18.4. The van der Waals surface area contributed by atoms with Gasteiger partial charge in [-0.1, -0.05) is 36.6 Å². The third kappa shape index (κ3) is 6.28. The van der Waals surface area contributed by atoms with Gasteiger partial charge < -0.3 is 16.0 Å². The highest BCUT2D eigenvalue weighted by Crippen LogP contribution is 2.32. The van der Waals surface area contributed by atoms with Crippen LogP contribution in [0.2, 0.25) is 5.02 Å². The van der Waals surface area contributed by atoms with E-state index in [0.717, 1.165) is 56.1 Å². The molecule has 1 aliphatic heterocycles. The average Bonchev–Trinajstić information content (AvgIpc) is 3.19. The Hall–Kier alpha value is -3.51. The lowest BCUT2D eigenvalue weighted by Gasteiger charge is -2.21. The van der Waals surface area contributed by atoms with Crippen molar-refractivity contribution in [2.24, 2.45) is 5.73 Å². The van der Waals surface area contributed by atoms with E-state index < -0.39 is 11.5 Å². The third-order valence-corrected chi connectivity index (χ3v) is 7.93. The number of aromatic amines is 1. The molecule has 5 rings (SSSR count). The van der Waals surface area contributed by atoms with Crippen LogP contribution < -0.4 is 16.7 Å². The van der Waals surface area contributed by atoms with Crippen molar-refractivity contribution in [3.8, 4) is 23.0 Å². The summed E-state index contributed by atoms with van der Waals surface area (Å²) in [5, 5.41) is 13.5. The van der Waals surface area contributed by atoms with E-state index in [9.17, 15) is 4.79 Å². The van der Waals surface area contributed by atoms with Gasteiger partial charge in [0, 0.05) is 35.3 Å². The lowest BCUT2D eigenvalue weighted by atomic mass is 10.0. The predicted molar refractivity (Wildman–Crippen MR) is 157 cm³/mol. The number of hydrogen-bond donors (Lipinski definition) is 3. The first-order valence-corrected chi connectivity index (χ1v) is 14.3. The first-order valence-electron chi connectivity index (χ1n) is 13.9. The Morgan fingerprint density at radius 1 is 1.23 bits per heavy atom. The van der Waals surface area contributed by atoms with E-state index in [1.165, 1.54) is 4.57 Å². The van der Waals surface area contributed by atoms with Crippen LogP contribution in [-0.4, -0.2) is 26.6 Å². The van der Waals surface area contributed by atoms with Crippen LogP contribution in [0.15, 0.2) is 53.5 Å². The summed E-state index contributed by atoms with van der Waals surface area (Å²) in [6.07, 6.45) is 8.95. The molecule has 3 heterocycles. The van der Waals surface area contributed by atoms with Crippen LogP contribution in [-0.2, 0) is 6.42 Å². The van der Waals surface area contributed by atoms with Crippen molar-refractivity contribution in [3.63, 3.8) is 0 Å². The van der Waals surface area contributed by atoms with Crippen molar-refractivity contribution in [3.05, 3.63) is 81.1 Å². The first kappa shape index (κ1) is 28.0. The number of hydrogen-bond acceptors (Lipinski definition) is 5. The molecule has 1 saturated heterocycles. The van der Waals surface area contributed by atoms with Gasteiger partial charge in [0.2, 0.25) is 0 Å². The van der Waals surface area contributed by atoms with Gasteiger partial charge in [0.1, 0.15) is 5.65 Å². The quantitative estimate of drug-likeness (QED) is 0.233. The van der Waals surface area contributed by atoms with E-state index in [-0.39, 0.29) is 23.1 Å². The summed E-state index contributed by atoms with van der Waals surface area (Å²) >= 11 is 6.24. The second-order valence-electron chi connectivity index (χ2n) is 10.8. The number of nitrogens with one attached hydrogen (secondary N) is 2. The van der Waals surface area contributed by atoms with Crippen molar-refractivity contribution in [1.29, 1.82) is 5.26 Å². The van der Waals surface area contributed by atoms with E-state index in [4.69, 9.17) is 22.6 Å². The van der Waals surface area contributed by atoms with E-state index in [0.29, 0.717) is 34.4 Å². The lowest BCUT2D eigenvalue weighted by molar-refractivity contribution is 0.443. The summed E-state index contributed by atoms with van der Waals surface area (Å²) in [4.78, 5) is 20.3. The van der Waals surface area contributed by atoms with Crippen LogP contribution in [0.25, 0.3) is 28.0 Å². The van der Waals surface area contributed by atoms with Crippen molar-refractivity contribution in [1.82, 2.24) is 19.9 Å². The molecule has 2 aromatic heterocycles. The third-order valence-electron chi connectivity index (χ3n) is 7.65. The Morgan fingerprint density at radius 2 is 2.00 bits per heavy atom. The van der Waals surface area contributed by atoms with E-state index in [1.807, 2.05) is 31.2 Å². The van der Waals surface area contributed by atoms with E-state index in [2.05, 4.69) is 21.4 Å². The monoisotopic (exact) mass is 560 g/mol. The Kier molecular flexibility index (Phi) is 8.65. The molecule has 0 bridgehead atoms. The van der Waals surface area contributed by atoms with Gasteiger partial charge in [0.05, 0.1) is 28.9 Å². The molecule has 3 atom stereocenters. The molecule has 0 amide bonds. The number of H-pyrrole nitrogens is 1. The maximum absolute atomic E-state index is 15.1. The van der Waals surface area contributed by atoms with Crippen LogP contribution >= 0.6 is 11.6 Å². The van der Waals surface area contributed by atoms with Gasteiger partial charge in [-0.2, -0.15) is 10.2 Å². The maximum atomic E-state index is 15.1. The number of rotatable bonds is 8. The number of nitrogens with zero attached hydrogens (tertiary/aromatic N) is 3. The van der Waals surface area contributed by atoms with Crippen molar-refractivity contribution in [2.45, 2.75) is 76.4 Å². The molecular formula is C31H34ClFN6O. The molecule has 2 aromatic carbocycles. The molecule has 0 saturated carbocycles. The molecular weight excluding hydrogens is 527 g/mol. The van der Waals surface area contributed by atoms with Gasteiger partial charge in [-0.25, -0.2) is 9.18 Å². The molecule has 7 nitrogen and oxygen atoms in total. The van der Waals surface area contributed by atoms with Gasteiger partial charge in [-0.15, -0.1) is 0 Å². The van der Waals surface area contributed by atoms with Gasteiger partial charge in [0.25, 0.3) is 0 Å². The van der Waals surface area contributed by atoms with E-state index in [1.54, 1.807) is 24.4 Å². The number of nitriles is 1. The van der Waals surface area contributed by atoms with Crippen LogP contribution in [0.3, 0.4) is 0 Å². The Balaban J connectivity index is 1.41. The van der Waals surface area contributed by atoms with Crippen LogP contribution in [0, 0.1) is 17.1 Å². The summed E-state index contributed by atoms with van der Waals surface area (Å²) in [7, 11) is 0. The largest absolute Gasteiger partial charge is 0.354 e. The zero-order chi connectivity index (χ0) is 28.2. The molecule has 4 aromatic rings. The highest BCUT2D eigenvalue weighted by molar-refractivity contribution is 6.31. The van der Waals surface area contributed by atoms with Gasteiger partial charge in [-0.05, 0) is 80.5 Å².